The maximum Gasteiger partial charge on any atom is 0.335 e. The molecule has 0 saturated heterocycles. The van der Waals surface area contributed by atoms with E-state index in [4.69, 9.17) is 4.74 Å². The number of hydrogen-bond donors (Lipinski definition) is 1. The molecular weight excluding hydrogens is 308 g/mol. The number of rotatable bonds is 6. The summed E-state index contributed by atoms with van der Waals surface area (Å²) in [5.74, 6) is 0. The summed E-state index contributed by atoms with van der Waals surface area (Å²) in [5.41, 5.74) is 2.32. The molecule has 0 amide bonds. The topological polar surface area (TPSA) is 52.0 Å². The van der Waals surface area contributed by atoms with Crippen LogP contribution < -0.4 is 10.1 Å². The van der Waals surface area contributed by atoms with Crippen LogP contribution in [0.1, 0.15) is 18.1 Å². The summed E-state index contributed by atoms with van der Waals surface area (Å²) in [6, 6.07) is 6.65. The molecule has 1 N–H and O–H groups in total. The first-order valence-corrected chi connectivity index (χ1v) is 6.94. The maximum atomic E-state index is 5.53. The number of hydrogen-bond acceptors (Lipinski definition) is 4. The smallest absolute Gasteiger partial charge is 0.335 e. The largest absolute Gasteiger partial charge is 0.457 e. The lowest BCUT2D eigenvalue weighted by Crippen LogP contribution is -2.11. The van der Waals surface area contributed by atoms with Crippen LogP contribution in [0.4, 0.5) is 0 Å². The van der Waals surface area contributed by atoms with Crippen molar-refractivity contribution in [1.29, 1.82) is 0 Å². The maximum absolute atomic E-state index is 5.53. The highest BCUT2D eigenvalue weighted by Crippen LogP contribution is 2.20. The van der Waals surface area contributed by atoms with Crippen molar-refractivity contribution in [2.75, 3.05) is 6.54 Å². The summed E-state index contributed by atoms with van der Waals surface area (Å²) in [6.45, 7) is 4.38. The quantitative estimate of drug-likeness (QED) is 0.885. The molecule has 0 atom stereocenters. The highest BCUT2D eigenvalue weighted by atomic mass is 79.9. The van der Waals surface area contributed by atoms with Gasteiger partial charge in [0.2, 0.25) is 0 Å². The number of nitrogens with zero attached hydrogens (tertiary/aromatic N) is 3. The second-order valence-corrected chi connectivity index (χ2v) is 5.05. The fourth-order valence-electron chi connectivity index (χ4n) is 1.62. The lowest BCUT2D eigenvalue weighted by Gasteiger charge is -2.08. The van der Waals surface area contributed by atoms with Crippen LogP contribution in [-0.2, 0) is 20.2 Å². The molecule has 0 aliphatic rings. The predicted molar refractivity (Wildman–Crippen MR) is 76.9 cm³/mol. The number of ether oxygens (including phenoxy) is 1. The van der Waals surface area contributed by atoms with E-state index in [0.29, 0.717) is 12.6 Å². The Labute approximate surface area is 121 Å². The summed E-state index contributed by atoms with van der Waals surface area (Å²) >= 11 is 3.56. The van der Waals surface area contributed by atoms with Crippen LogP contribution in [0.5, 0.6) is 6.01 Å². The van der Waals surface area contributed by atoms with Gasteiger partial charge in [0.1, 0.15) is 12.9 Å². The van der Waals surface area contributed by atoms with Gasteiger partial charge >= 0.3 is 6.01 Å². The zero-order chi connectivity index (χ0) is 13.7. The lowest BCUT2D eigenvalue weighted by molar-refractivity contribution is 0.279. The number of aromatic nitrogens is 3. The van der Waals surface area contributed by atoms with E-state index in [1.807, 2.05) is 7.05 Å². The zero-order valence-electron chi connectivity index (χ0n) is 11.1. The SMILES string of the molecule is CCNCc1ccc(COc2ncn(C)n2)c(Br)c1. The van der Waals surface area contributed by atoms with Gasteiger partial charge in [-0.3, -0.25) is 4.68 Å². The molecule has 2 rings (SSSR count). The van der Waals surface area contributed by atoms with Gasteiger partial charge in [-0.2, -0.15) is 4.98 Å². The van der Waals surface area contributed by atoms with E-state index >= 15 is 0 Å². The minimum Gasteiger partial charge on any atom is -0.457 e. The van der Waals surface area contributed by atoms with Crippen LogP contribution in [-0.4, -0.2) is 21.3 Å². The van der Waals surface area contributed by atoms with Gasteiger partial charge in [0.15, 0.2) is 0 Å². The second-order valence-electron chi connectivity index (χ2n) is 4.20. The standard InChI is InChI=1S/C13H17BrN4O/c1-3-15-7-10-4-5-11(12(14)6-10)8-19-13-16-9-18(2)17-13/h4-6,9,15H,3,7-8H2,1-2H3. The molecule has 6 heteroatoms. The predicted octanol–water partition coefficient (Wildman–Crippen LogP) is 2.27. The molecular formula is C13H17BrN4O. The van der Waals surface area contributed by atoms with Crippen molar-refractivity contribution in [3.05, 3.63) is 40.1 Å². The van der Waals surface area contributed by atoms with Gasteiger partial charge in [-0.15, -0.1) is 5.10 Å². The fourth-order valence-corrected chi connectivity index (χ4v) is 2.16. The van der Waals surface area contributed by atoms with E-state index in [-0.39, 0.29) is 0 Å². The highest BCUT2D eigenvalue weighted by molar-refractivity contribution is 9.10. The van der Waals surface area contributed by atoms with E-state index in [9.17, 15) is 0 Å². The monoisotopic (exact) mass is 324 g/mol. The Kier molecular flexibility index (Phi) is 4.93. The van der Waals surface area contributed by atoms with Gasteiger partial charge in [0.05, 0.1) is 0 Å². The average Bonchev–Trinajstić information content (AvgIpc) is 2.81. The van der Waals surface area contributed by atoms with Crippen LogP contribution in [0.3, 0.4) is 0 Å². The Morgan fingerprint density at radius 1 is 1.42 bits per heavy atom. The fraction of sp³-hybridized carbons (Fsp3) is 0.385. The molecule has 1 aromatic heterocycles. The Hall–Kier alpha value is -1.40. The third-order valence-electron chi connectivity index (χ3n) is 2.63. The van der Waals surface area contributed by atoms with Gasteiger partial charge in [-0.05, 0) is 18.2 Å². The zero-order valence-corrected chi connectivity index (χ0v) is 12.6. The van der Waals surface area contributed by atoms with E-state index in [1.165, 1.54) is 5.56 Å². The summed E-state index contributed by atoms with van der Waals surface area (Å²) in [5, 5.41) is 7.37. The summed E-state index contributed by atoms with van der Waals surface area (Å²) in [4.78, 5) is 4.02. The molecule has 1 aromatic carbocycles. The van der Waals surface area contributed by atoms with Crippen molar-refractivity contribution in [2.45, 2.75) is 20.1 Å². The molecule has 0 radical (unpaired) electrons. The third-order valence-corrected chi connectivity index (χ3v) is 3.37. The van der Waals surface area contributed by atoms with E-state index in [2.05, 4.69) is 56.5 Å². The molecule has 102 valence electrons. The third kappa shape index (κ3) is 4.04. The Balaban J connectivity index is 1.96. The first-order chi connectivity index (χ1) is 9.19. The summed E-state index contributed by atoms with van der Waals surface area (Å²) < 4.78 is 8.18. The van der Waals surface area contributed by atoms with E-state index < -0.39 is 0 Å². The first-order valence-electron chi connectivity index (χ1n) is 6.15. The Morgan fingerprint density at radius 3 is 2.89 bits per heavy atom. The molecule has 19 heavy (non-hydrogen) atoms. The minimum absolute atomic E-state index is 0.395. The van der Waals surface area contributed by atoms with Gasteiger partial charge in [-0.1, -0.05) is 35.0 Å². The Bertz CT molecular complexity index is 541. The molecule has 0 saturated carbocycles. The normalized spacial score (nSPS) is 10.7. The van der Waals surface area contributed by atoms with Crippen molar-refractivity contribution < 1.29 is 4.74 Å². The molecule has 0 aliphatic heterocycles. The van der Waals surface area contributed by atoms with Crippen LogP contribution in [0.15, 0.2) is 29.0 Å². The number of aryl methyl sites for hydroxylation is 1. The van der Waals surface area contributed by atoms with Crippen molar-refractivity contribution >= 4 is 15.9 Å². The molecule has 2 aromatic rings. The molecule has 1 heterocycles. The van der Waals surface area contributed by atoms with Gasteiger partial charge in [0.25, 0.3) is 0 Å². The van der Waals surface area contributed by atoms with Crippen molar-refractivity contribution in [2.24, 2.45) is 7.05 Å². The molecule has 0 spiro atoms. The lowest BCUT2D eigenvalue weighted by atomic mass is 10.1. The summed E-state index contributed by atoms with van der Waals surface area (Å²) in [6.07, 6.45) is 1.61. The van der Waals surface area contributed by atoms with Crippen molar-refractivity contribution in [3.8, 4) is 6.01 Å². The molecule has 0 fully saturated rings. The van der Waals surface area contributed by atoms with Crippen LogP contribution in [0.25, 0.3) is 0 Å². The Morgan fingerprint density at radius 2 is 2.26 bits per heavy atom. The molecule has 5 nitrogen and oxygen atoms in total. The van der Waals surface area contributed by atoms with E-state index in [0.717, 1.165) is 23.1 Å². The molecule has 0 aliphatic carbocycles. The number of nitrogens with one attached hydrogen (secondary N) is 1. The average molecular weight is 325 g/mol. The van der Waals surface area contributed by atoms with Crippen LogP contribution >= 0.6 is 15.9 Å². The van der Waals surface area contributed by atoms with Crippen LogP contribution in [0.2, 0.25) is 0 Å². The highest BCUT2D eigenvalue weighted by Gasteiger charge is 2.05. The molecule has 0 bridgehead atoms. The van der Waals surface area contributed by atoms with Gasteiger partial charge in [-0.25, -0.2) is 0 Å². The first kappa shape index (κ1) is 14.0. The van der Waals surface area contributed by atoms with E-state index in [1.54, 1.807) is 11.0 Å². The minimum atomic E-state index is 0.395. The summed E-state index contributed by atoms with van der Waals surface area (Å²) in [7, 11) is 1.81. The van der Waals surface area contributed by atoms with Crippen molar-refractivity contribution in [1.82, 2.24) is 20.1 Å². The number of benzene rings is 1. The van der Waals surface area contributed by atoms with Crippen molar-refractivity contribution in [3.63, 3.8) is 0 Å². The van der Waals surface area contributed by atoms with Crippen LogP contribution in [0, 0.1) is 0 Å². The molecule has 0 unspecified atom stereocenters. The van der Waals surface area contributed by atoms with Gasteiger partial charge < -0.3 is 10.1 Å². The second kappa shape index (κ2) is 6.68. The number of halogens is 1. The van der Waals surface area contributed by atoms with Gasteiger partial charge in [0, 0.05) is 23.6 Å².